The van der Waals surface area contributed by atoms with Gasteiger partial charge in [0, 0.05) is 26.2 Å². The summed E-state index contributed by atoms with van der Waals surface area (Å²) in [6.45, 7) is 1.15. The zero-order valence-corrected chi connectivity index (χ0v) is 12.1. The van der Waals surface area contributed by atoms with Gasteiger partial charge in [-0.15, -0.1) is 0 Å². The largest absolute Gasteiger partial charge is 0.361 e. The molecule has 1 saturated heterocycles. The van der Waals surface area contributed by atoms with Gasteiger partial charge >= 0.3 is 0 Å². The average Bonchev–Trinajstić information content (AvgIpc) is 2.34. The lowest BCUT2D eigenvalue weighted by Crippen LogP contribution is -2.60. The van der Waals surface area contributed by atoms with Gasteiger partial charge in [0.05, 0.1) is 0 Å². The van der Waals surface area contributed by atoms with Gasteiger partial charge in [0.1, 0.15) is 6.17 Å². The first-order chi connectivity index (χ1) is 8.77. The van der Waals surface area contributed by atoms with Gasteiger partial charge < -0.3 is 20.4 Å². The summed E-state index contributed by atoms with van der Waals surface area (Å²) in [4.78, 5) is 24.9. The van der Waals surface area contributed by atoms with E-state index in [9.17, 15) is 9.59 Å². The number of hydrogen-bond donors (Lipinski definition) is 3. The van der Waals surface area contributed by atoms with E-state index >= 15 is 0 Å². The van der Waals surface area contributed by atoms with E-state index in [1.165, 1.54) is 4.90 Å². The molecule has 1 heterocycles. The Balaban J connectivity index is 2.61. The van der Waals surface area contributed by atoms with Gasteiger partial charge in [0.25, 0.3) is 5.91 Å². The number of alkyl halides is 3. The smallest absolute Gasteiger partial charge is 0.279 e. The summed E-state index contributed by atoms with van der Waals surface area (Å²) < 4.78 is -1.70. The van der Waals surface area contributed by atoms with Crippen molar-refractivity contribution in [1.29, 1.82) is 0 Å². The van der Waals surface area contributed by atoms with Gasteiger partial charge in [-0.25, -0.2) is 0 Å². The Labute approximate surface area is 125 Å². The summed E-state index contributed by atoms with van der Waals surface area (Å²) >= 11 is 17.3. The minimum Gasteiger partial charge on any atom is -0.361 e. The molecule has 1 unspecified atom stereocenters. The van der Waals surface area contributed by atoms with E-state index in [2.05, 4.69) is 5.32 Å². The fourth-order valence-corrected chi connectivity index (χ4v) is 2.44. The molecule has 19 heavy (non-hydrogen) atoms. The summed E-state index contributed by atoms with van der Waals surface area (Å²) in [7, 11) is 0. The molecule has 0 aliphatic carbocycles. The Morgan fingerprint density at radius 1 is 1.21 bits per heavy atom. The molecular formula is C9H14Cl3N3O4. The number of carbonyl (C=O) groups is 2. The number of halogens is 3. The highest BCUT2D eigenvalue weighted by molar-refractivity contribution is 6.68. The lowest BCUT2D eigenvalue weighted by atomic mass is 10.3. The van der Waals surface area contributed by atoms with E-state index in [0.717, 1.165) is 0 Å². The molecule has 0 radical (unpaired) electrons. The minimum atomic E-state index is -2.02. The fourth-order valence-electron chi connectivity index (χ4n) is 1.84. The van der Waals surface area contributed by atoms with Gasteiger partial charge in [0.2, 0.25) is 16.5 Å². The summed E-state index contributed by atoms with van der Waals surface area (Å²) in [6.07, 6.45) is -2.41. The fraction of sp³-hybridized carbons (Fsp3) is 0.778. The lowest BCUT2D eigenvalue weighted by molar-refractivity contribution is -0.161. The standard InChI is InChI=1S/C9H14Cl3N3O4/c10-9(11,12)8(13-5-16)15-3-1-14(2-4-15)6(17)7(18)19/h5,7-8,18-19H,1-4H2,(H,13,16). The summed E-state index contributed by atoms with van der Waals surface area (Å²) in [6, 6.07) is 0. The Kier molecular flexibility index (Phi) is 6.10. The number of piperazine rings is 1. The molecule has 0 aromatic carbocycles. The third kappa shape index (κ3) is 4.62. The van der Waals surface area contributed by atoms with E-state index in [1.807, 2.05) is 0 Å². The summed E-state index contributed by atoms with van der Waals surface area (Å²) in [5, 5.41) is 20.0. The maximum atomic E-state index is 11.4. The second-order valence-electron chi connectivity index (χ2n) is 3.96. The molecule has 0 aromatic heterocycles. The molecule has 3 N–H and O–H groups in total. The van der Waals surface area contributed by atoms with Gasteiger partial charge in [-0.2, -0.15) is 0 Å². The Hall–Kier alpha value is -0.310. The van der Waals surface area contributed by atoms with Gasteiger partial charge in [-0.1, -0.05) is 34.8 Å². The summed E-state index contributed by atoms with van der Waals surface area (Å²) in [5.74, 6) is -0.770. The Morgan fingerprint density at radius 3 is 2.11 bits per heavy atom. The molecule has 1 rings (SSSR count). The van der Waals surface area contributed by atoms with Crippen molar-refractivity contribution in [3.05, 3.63) is 0 Å². The van der Waals surface area contributed by atoms with Crippen molar-refractivity contribution in [2.24, 2.45) is 0 Å². The molecule has 1 atom stereocenters. The van der Waals surface area contributed by atoms with Crippen LogP contribution in [0, 0.1) is 0 Å². The number of nitrogens with one attached hydrogen (secondary N) is 1. The van der Waals surface area contributed by atoms with E-state index in [-0.39, 0.29) is 13.1 Å². The van der Waals surface area contributed by atoms with Gasteiger partial charge in [-0.05, 0) is 0 Å². The number of aliphatic hydroxyl groups is 2. The second kappa shape index (κ2) is 6.92. The van der Waals surface area contributed by atoms with Crippen LogP contribution in [0.25, 0.3) is 0 Å². The van der Waals surface area contributed by atoms with Crippen molar-refractivity contribution < 1.29 is 19.8 Å². The van der Waals surface area contributed by atoms with Crippen molar-refractivity contribution in [3.8, 4) is 0 Å². The molecule has 0 spiro atoms. The third-order valence-corrected chi connectivity index (χ3v) is 3.37. The van der Waals surface area contributed by atoms with Crippen LogP contribution < -0.4 is 5.32 Å². The van der Waals surface area contributed by atoms with E-state index in [4.69, 9.17) is 45.0 Å². The molecule has 7 nitrogen and oxygen atoms in total. The Bertz CT molecular complexity index is 329. The molecule has 110 valence electrons. The quantitative estimate of drug-likeness (QED) is 0.344. The van der Waals surface area contributed by atoms with E-state index < -0.39 is 22.2 Å². The maximum Gasteiger partial charge on any atom is 0.279 e. The van der Waals surface area contributed by atoms with E-state index in [0.29, 0.717) is 19.5 Å². The van der Waals surface area contributed by atoms with Crippen LogP contribution in [0.1, 0.15) is 0 Å². The van der Waals surface area contributed by atoms with Crippen LogP contribution in [-0.4, -0.2) is 74.8 Å². The van der Waals surface area contributed by atoms with Crippen molar-refractivity contribution in [2.75, 3.05) is 26.2 Å². The van der Waals surface area contributed by atoms with Crippen molar-refractivity contribution >= 4 is 47.1 Å². The highest BCUT2D eigenvalue weighted by atomic mass is 35.6. The molecule has 2 amide bonds. The van der Waals surface area contributed by atoms with Crippen LogP contribution in [0.5, 0.6) is 0 Å². The SMILES string of the molecule is O=CNC(N1CCN(C(=O)C(O)O)CC1)C(Cl)(Cl)Cl. The molecular weight excluding hydrogens is 320 g/mol. The van der Waals surface area contributed by atoms with Crippen LogP contribution in [0.2, 0.25) is 0 Å². The number of amides is 2. The average molecular weight is 335 g/mol. The number of carbonyl (C=O) groups excluding carboxylic acids is 2. The first-order valence-electron chi connectivity index (χ1n) is 5.42. The monoisotopic (exact) mass is 333 g/mol. The van der Waals surface area contributed by atoms with Gasteiger partial charge in [0.15, 0.2) is 0 Å². The lowest BCUT2D eigenvalue weighted by Gasteiger charge is -2.41. The maximum absolute atomic E-state index is 11.4. The van der Waals surface area contributed by atoms with Crippen LogP contribution in [0.4, 0.5) is 0 Å². The number of rotatable bonds is 4. The molecule has 1 aliphatic heterocycles. The topological polar surface area (TPSA) is 93.1 Å². The van der Waals surface area contributed by atoms with Crippen molar-refractivity contribution in [2.45, 2.75) is 16.2 Å². The van der Waals surface area contributed by atoms with Crippen LogP contribution in [-0.2, 0) is 9.59 Å². The van der Waals surface area contributed by atoms with Crippen LogP contribution in [0.3, 0.4) is 0 Å². The highest BCUT2D eigenvalue weighted by Crippen LogP contribution is 2.32. The van der Waals surface area contributed by atoms with E-state index in [1.54, 1.807) is 4.90 Å². The number of hydrogen-bond acceptors (Lipinski definition) is 5. The zero-order valence-electron chi connectivity index (χ0n) is 9.80. The molecule has 0 aromatic rings. The minimum absolute atomic E-state index is 0.244. The van der Waals surface area contributed by atoms with Crippen LogP contribution >= 0.6 is 34.8 Å². The molecule has 10 heteroatoms. The van der Waals surface area contributed by atoms with Crippen molar-refractivity contribution in [3.63, 3.8) is 0 Å². The first kappa shape index (κ1) is 16.7. The normalized spacial score (nSPS) is 19.4. The first-order valence-corrected chi connectivity index (χ1v) is 6.56. The third-order valence-electron chi connectivity index (χ3n) is 2.75. The predicted octanol–water partition coefficient (Wildman–Crippen LogP) is -1.12. The Morgan fingerprint density at radius 2 is 1.74 bits per heavy atom. The predicted molar refractivity (Wildman–Crippen MR) is 69.7 cm³/mol. The number of nitrogens with zero attached hydrogens (tertiary/aromatic N) is 2. The molecule has 0 saturated carbocycles. The molecule has 1 aliphatic rings. The molecule has 1 fully saturated rings. The summed E-state index contributed by atoms with van der Waals surface area (Å²) in [5.41, 5.74) is 0. The van der Waals surface area contributed by atoms with Gasteiger partial charge in [-0.3, -0.25) is 14.5 Å². The second-order valence-corrected chi connectivity index (χ2v) is 6.33. The van der Waals surface area contributed by atoms with Crippen molar-refractivity contribution in [1.82, 2.24) is 15.1 Å². The zero-order chi connectivity index (χ0) is 14.6. The highest BCUT2D eigenvalue weighted by Gasteiger charge is 2.39. The van der Waals surface area contributed by atoms with Crippen LogP contribution in [0.15, 0.2) is 0 Å². The molecule has 0 bridgehead atoms. The number of aliphatic hydroxyl groups excluding tert-OH is 1.